The molecule has 0 saturated heterocycles. The van der Waals surface area contributed by atoms with Crippen LogP contribution in [0.5, 0.6) is 0 Å². The Bertz CT molecular complexity index is 795. The second-order valence-electron chi connectivity index (χ2n) is 4.66. The summed E-state index contributed by atoms with van der Waals surface area (Å²) < 4.78 is 5.34. The maximum absolute atomic E-state index is 12.2. The maximum atomic E-state index is 12.2. The summed E-state index contributed by atoms with van der Waals surface area (Å²) in [5.41, 5.74) is 1.99. The van der Waals surface area contributed by atoms with E-state index in [9.17, 15) is 4.79 Å². The van der Waals surface area contributed by atoms with E-state index in [2.05, 4.69) is 15.5 Å². The van der Waals surface area contributed by atoms with Crippen LogP contribution in [0.4, 0.5) is 5.69 Å². The molecule has 0 atom stereocenters. The molecule has 0 aliphatic carbocycles. The molecule has 1 N–H and O–H groups in total. The van der Waals surface area contributed by atoms with Crippen molar-refractivity contribution in [2.24, 2.45) is 0 Å². The number of rotatable bonds is 3. The Labute approximate surface area is 131 Å². The summed E-state index contributed by atoms with van der Waals surface area (Å²) in [7, 11) is 0. The number of anilines is 1. The van der Waals surface area contributed by atoms with Crippen LogP contribution < -0.4 is 5.32 Å². The van der Waals surface area contributed by atoms with Crippen molar-refractivity contribution in [1.82, 2.24) is 10.2 Å². The normalized spacial score (nSPS) is 10.5. The van der Waals surface area contributed by atoms with Crippen LogP contribution in [0.2, 0.25) is 5.02 Å². The number of halogens is 1. The lowest BCUT2D eigenvalue weighted by atomic mass is 10.1. The van der Waals surface area contributed by atoms with Gasteiger partial charge >= 0.3 is 0 Å². The smallest absolute Gasteiger partial charge is 0.255 e. The molecule has 0 spiro atoms. The second kappa shape index (κ2) is 5.99. The molecule has 0 radical (unpaired) electrons. The van der Waals surface area contributed by atoms with Gasteiger partial charge < -0.3 is 9.73 Å². The highest BCUT2D eigenvalue weighted by Gasteiger charge is 2.09. The Kier molecular flexibility index (Phi) is 3.89. The number of hydrogen-bond donors (Lipinski definition) is 1. The van der Waals surface area contributed by atoms with Crippen LogP contribution >= 0.6 is 11.6 Å². The van der Waals surface area contributed by atoms with Gasteiger partial charge in [-0.3, -0.25) is 4.79 Å². The largest absolute Gasteiger partial charge is 0.421 e. The lowest BCUT2D eigenvalue weighted by molar-refractivity contribution is 0.102. The topological polar surface area (TPSA) is 68.0 Å². The molecule has 22 heavy (non-hydrogen) atoms. The van der Waals surface area contributed by atoms with E-state index in [1.807, 2.05) is 0 Å². The Morgan fingerprint density at radius 3 is 2.32 bits per heavy atom. The van der Waals surface area contributed by atoms with E-state index in [0.29, 0.717) is 28.1 Å². The first-order valence-corrected chi connectivity index (χ1v) is 6.97. The van der Waals surface area contributed by atoms with Crippen LogP contribution in [0.15, 0.2) is 52.9 Å². The molecule has 3 aromatic rings. The fraction of sp³-hybridized carbons (Fsp3) is 0.0625. The van der Waals surface area contributed by atoms with Crippen molar-refractivity contribution in [1.29, 1.82) is 0 Å². The molecule has 0 saturated carbocycles. The van der Waals surface area contributed by atoms with Crippen molar-refractivity contribution in [3.8, 4) is 11.5 Å². The number of aryl methyl sites for hydroxylation is 1. The van der Waals surface area contributed by atoms with Gasteiger partial charge in [-0.25, -0.2) is 0 Å². The summed E-state index contributed by atoms with van der Waals surface area (Å²) in [5.74, 6) is 0.734. The zero-order valence-electron chi connectivity index (χ0n) is 11.7. The highest BCUT2D eigenvalue weighted by molar-refractivity contribution is 6.30. The molecule has 1 aromatic heterocycles. The van der Waals surface area contributed by atoms with E-state index >= 15 is 0 Å². The summed E-state index contributed by atoms with van der Waals surface area (Å²) in [5, 5.41) is 11.1. The van der Waals surface area contributed by atoms with Gasteiger partial charge in [0.1, 0.15) is 0 Å². The number of amides is 1. The van der Waals surface area contributed by atoms with E-state index in [0.717, 1.165) is 5.56 Å². The minimum absolute atomic E-state index is 0.199. The minimum Gasteiger partial charge on any atom is -0.421 e. The van der Waals surface area contributed by atoms with Crippen LogP contribution in [0, 0.1) is 6.92 Å². The molecule has 1 amide bonds. The zero-order valence-corrected chi connectivity index (χ0v) is 12.5. The predicted molar refractivity (Wildman–Crippen MR) is 83.9 cm³/mol. The molecule has 0 fully saturated rings. The maximum Gasteiger partial charge on any atom is 0.255 e. The molecule has 1 heterocycles. The summed E-state index contributed by atoms with van der Waals surface area (Å²) in [6, 6.07) is 13.9. The fourth-order valence-electron chi connectivity index (χ4n) is 1.91. The Balaban J connectivity index is 1.74. The second-order valence-corrected chi connectivity index (χ2v) is 5.10. The number of nitrogens with zero attached hydrogens (tertiary/aromatic N) is 2. The van der Waals surface area contributed by atoms with E-state index in [-0.39, 0.29) is 5.91 Å². The third kappa shape index (κ3) is 3.15. The molecule has 0 aliphatic rings. The van der Waals surface area contributed by atoms with Gasteiger partial charge in [0.25, 0.3) is 5.91 Å². The SMILES string of the molecule is Cc1nnc(-c2ccc(C(=O)Nc3ccc(Cl)cc3)cc2)o1. The summed E-state index contributed by atoms with van der Waals surface area (Å²) in [6.45, 7) is 1.73. The highest BCUT2D eigenvalue weighted by Crippen LogP contribution is 2.19. The number of carbonyl (C=O) groups excluding carboxylic acids is 1. The summed E-state index contributed by atoms with van der Waals surface area (Å²) >= 11 is 5.81. The van der Waals surface area contributed by atoms with Crippen molar-refractivity contribution < 1.29 is 9.21 Å². The van der Waals surface area contributed by atoms with Crippen molar-refractivity contribution in [2.45, 2.75) is 6.92 Å². The molecular weight excluding hydrogens is 302 g/mol. The Morgan fingerprint density at radius 2 is 1.73 bits per heavy atom. The van der Waals surface area contributed by atoms with Crippen LogP contribution in [-0.4, -0.2) is 16.1 Å². The number of aromatic nitrogens is 2. The third-order valence-electron chi connectivity index (χ3n) is 3.02. The van der Waals surface area contributed by atoms with Gasteiger partial charge in [0.05, 0.1) is 0 Å². The fourth-order valence-corrected chi connectivity index (χ4v) is 2.04. The van der Waals surface area contributed by atoms with Gasteiger partial charge in [0.15, 0.2) is 0 Å². The van der Waals surface area contributed by atoms with Crippen molar-refractivity contribution in [3.05, 3.63) is 65.0 Å². The molecule has 5 nitrogen and oxygen atoms in total. The van der Waals surface area contributed by atoms with Gasteiger partial charge in [0.2, 0.25) is 11.8 Å². The minimum atomic E-state index is -0.199. The molecule has 110 valence electrons. The van der Waals surface area contributed by atoms with E-state index in [1.54, 1.807) is 55.5 Å². The van der Waals surface area contributed by atoms with E-state index < -0.39 is 0 Å². The quantitative estimate of drug-likeness (QED) is 0.795. The monoisotopic (exact) mass is 313 g/mol. The standard InChI is InChI=1S/C16H12ClN3O2/c1-10-19-20-16(22-10)12-4-2-11(3-5-12)15(21)18-14-8-6-13(17)7-9-14/h2-9H,1H3,(H,18,21). The number of hydrogen-bond acceptors (Lipinski definition) is 4. The van der Waals surface area contributed by atoms with Gasteiger partial charge in [-0.2, -0.15) is 0 Å². The van der Waals surface area contributed by atoms with Crippen LogP contribution in [0.3, 0.4) is 0 Å². The van der Waals surface area contributed by atoms with Gasteiger partial charge in [0, 0.05) is 28.8 Å². The first-order chi connectivity index (χ1) is 10.6. The molecular formula is C16H12ClN3O2. The van der Waals surface area contributed by atoms with E-state index in [1.165, 1.54) is 0 Å². The molecule has 3 rings (SSSR count). The first kappa shape index (κ1) is 14.3. The number of carbonyl (C=O) groups is 1. The summed E-state index contributed by atoms with van der Waals surface area (Å²) in [6.07, 6.45) is 0. The Hall–Kier alpha value is -2.66. The van der Waals surface area contributed by atoms with Gasteiger partial charge in [-0.05, 0) is 48.5 Å². The van der Waals surface area contributed by atoms with E-state index in [4.69, 9.17) is 16.0 Å². The molecule has 0 unspecified atom stereocenters. The number of nitrogens with one attached hydrogen (secondary N) is 1. The number of benzene rings is 2. The Morgan fingerprint density at radius 1 is 1.05 bits per heavy atom. The van der Waals surface area contributed by atoms with Crippen LogP contribution in [0.1, 0.15) is 16.2 Å². The van der Waals surface area contributed by atoms with Crippen LogP contribution in [0.25, 0.3) is 11.5 Å². The molecule has 0 aliphatic heterocycles. The zero-order chi connectivity index (χ0) is 15.5. The van der Waals surface area contributed by atoms with Gasteiger partial charge in [-0.15, -0.1) is 10.2 Å². The van der Waals surface area contributed by atoms with Crippen molar-refractivity contribution in [3.63, 3.8) is 0 Å². The van der Waals surface area contributed by atoms with Crippen molar-refractivity contribution >= 4 is 23.2 Å². The molecule has 0 bridgehead atoms. The van der Waals surface area contributed by atoms with Crippen LogP contribution in [-0.2, 0) is 0 Å². The lowest BCUT2D eigenvalue weighted by Gasteiger charge is -2.05. The first-order valence-electron chi connectivity index (χ1n) is 6.59. The molecule has 2 aromatic carbocycles. The lowest BCUT2D eigenvalue weighted by Crippen LogP contribution is -2.11. The van der Waals surface area contributed by atoms with Crippen molar-refractivity contribution in [2.75, 3.05) is 5.32 Å². The highest BCUT2D eigenvalue weighted by atomic mass is 35.5. The van der Waals surface area contributed by atoms with Gasteiger partial charge in [-0.1, -0.05) is 11.6 Å². The predicted octanol–water partition coefficient (Wildman–Crippen LogP) is 3.95. The third-order valence-corrected chi connectivity index (χ3v) is 3.27. The average molecular weight is 314 g/mol. The molecule has 6 heteroatoms. The summed E-state index contributed by atoms with van der Waals surface area (Å²) in [4.78, 5) is 12.2. The average Bonchev–Trinajstić information content (AvgIpc) is 2.96.